The number of ether oxygens (including phenoxy) is 3. The van der Waals surface area contributed by atoms with Gasteiger partial charge in [-0.25, -0.2) is 0 Å². The van der Waals surface area contributed by atoms with Gasteiger partial charge >= 0.3 is 0 Å². The average Bonchev–Trinajstić information content (AvgIpc) is 2.93. The predicted molar refractivity (Wildman–Crippen MR) is 80.4 cm³/mol. The van der Waals surface area contributed by atoms with Crippen LogP contribution in [0.1, 0.15) is 23.1 Å². The summed E-state index contributed by atoms with van der Waals surface area (Å²) in [6.07, 6.45) is 0. The highest BCUT2D eigenvalue weighted by Gasteiger charge is 2.22. The molecule has 1 N–H and O–H groups in total. The van der Waals surface area contributed by atoms with Crippen LogP contribution in [0.15, 0.2) is 28.7 Å². The maximum absolute atomic E-state index is 5.73. The molecule has 0 amide bonds. The summed E-state index contributed by atoms with van der Waals surface area (Å²) in [5, 5.41) is 3.24. The van der Waals surface area contributed by atoms with Gasteiger partial charge in [0.05, 0.1) is 27.4 Å². The highest BCUT2D eigenvalue weighted by Crippen LogP contribution is 2.39. The topological polar surface area (TPSA) is 52.9 Å². The van der Waals surface area contributed by atoms with Crippen molar-refractivity contribution in [1.82, 2.24) is 5.32 Å². The lowest BCUT2D eigenvalue weighted by molar-refractivity contribution is 0.344. The summed E-state index contributed by atoms with van der Waals surface area (Å²) in [5.41, 5.74) is 0.923. The second kappa shape index (κ2) is 6.54. The molecule has 0 aliphatic rings. The molecule has 1 aromatic carbocycles. The highest BCUT2D eigenvalue weighted by atomic mass is 16.5. The third kappa shape index (κ3) is 2.97. The van der Waals surface area contributed by atoms with E-state index >= 15 is 0 Å². The van der Waals surface area contributed by atoms with E-state index in [0.29, 0.717) is 17.2 Å². The summed E-state index contributed by atoms with van der Waals surface area (Å²) < 4.78 is 21.9. The molecule has 0 radical (unpaired) electrons. The van der Waals surface area contributed by atoms with Crippen LogP contribution in [0.2, 0.25) is 0 Å². The van der Waals surface area contributed by atoms with Gasteiger partial charge in [-0.05, 0) is 32.2 Å². The second-order valence-electron chi connectivity index (χ2n) is 4.62. The Labute approximate surface area is 124 Å². The third-order valence-electron chi connectivity index (χ3n) is 3.38. The van der Waals surface area contributed by atoms with Crippen molar-refractivity contribution in [2.45, 2.75) is 13.0 Å². The summed E-state index contributed by atoms with van der Waals surface area (Å²) in [6.45, 7) is 1.92. The van der Waals surface area contributed by atoms with Gasteiger partial charge in [0.25, 0.3) is 0 Å². The van der Waals surface area contributed by atoms with Crippen LogP contribution in [0.5, 0.6) is 17.2 Å². The summed E-state index contributed by atoms with van der Waals surface area (Å²) >= 11 is 0. The summed E-state index contributed by atoms with van der Waals surface area (Å²) in [5.74, 6) is 3.67. The minimum Gasteiger partial charge on any atom is -0.496 e. The molecule has 1 atom stereocenters. The summed E-state index contributed by atoms with van der Waals surface area (Å²) in [6, 6.07) is 7.47. The lowest BCUT2D eigenvalue weighted by Gasteiger charge is -2.20. The van der Waals surface area contributed by atoms with Gasteiger partial charge in [-0.15, -0.1) is 0 Å². The smallest absolute Gasteiger partial charge is 0.164 e. The number of methoxy groups -OCH3 is 3. The zero-order valence-electron chi connectivity index (χ0n) is 13.0. The molecular formula is C16H21NO4. The number of aryl methyl sites for hydroxylation is 1. The molecule has 2 rings (SSSR count). The summed E-state index contributed by atoms with van der Waals surface area (Å²) in [7, 11) is 6.71. The van der Waals surface area contributed by atoms with Crippen LogP contribution in [0.4, 0.5) is 0 Å². The quantitative estimate of drug-likeness (QED) is 0.887. The first-order valence-corrected chi connectivity index (χ1v) is 6.68. The van der Waals surface area contributed by atoms with Crippen LogP contribution in [0, 0.1) is 6.92 Å². The van der Waals surface area contributed by atoms with E-state index in [1.54, 1.807) is 21.3 Å². The zero-order chi connectivity index (χ0) is 15.4. The number of rotatable bonds is 6. The maximum atomic E-state index is 5.73. The first-order chi connectivity index (χ1) is 10.1. The molecule has 114 valence electrons. The fourth-order valence-corrected chi connectivity index (χ4v) is 2.34. The van der Waals surface area contributed by atoms with E-state index in [2.05, 4.69) is 5.32 Å². The van der Waals surface area contributed by atoms with Crippen molar-refractivity contribution < 1.29 is 18.6 Å². The first-order valence-electron chi connectivity index (χ1n) is 6.68. The van der Waals surface area contributed by atoms with Gasteiger partial charge in [-0.1, -0.05) is 0 Å². The van der Waals surface area contributed by atoms with E-state index in [4.69, 9.17) is 18.6 Å². The molecular weight excluding hydrogens is 270 g/mol. The van der Waals surface area contributed by atoms with Gasteiger partial charge < -0.3 is 23.9 Å². The van der Waals surface area contributed by atoms with Crippen molar-refractivity contribution in [3.63, 3.8) is 0 Å². The molecule has 1 heterocycles. The Balaban J connectivity index is 2.54. The van der Waals surface area contributed by atoms with Gasteiger partial charge in [-0.3, -0.25) is 0 Å². The minimum atomic E-state index is -0.131. The normalized spacial score (nSPS) is 12.0. The van der Waals surface area contributed by atoms with Gasteiger partial charge in [0, 0.05) is 11.6 Å². The third-order valence-corrected chi connectivity index (χ3v) is 3.38. The van der Waals surface area contributed by atoms with Crippen molar-refractivity contribution in [3.8, 4) is 17.2 Å². The van der Waals surface area contributed by atoms with Crippen LogP contribution in [-0.4, -0.2) is 28.4 Å². The van der Waals surface area contributed by atoms with Crippen molar-refractivity contribution >= 4 is 0 Å². The lowest BCUT2D eigenvalue weighted by Crippen LogP contribution is -2.18. The second-order valence-corrected chi connectivity index (χ2v) is 4.62. The standard InChI is InChI=1S/C16H21NO4/c1-10-6-7-12(21-10)16(17-2)11-8-14(19-4)15(20-5)9-13(11)18-3/h6-9,16-17H,1-5H3. The molecule has 0 bridgehead atoms. The van der Waals surface area contributed by atoms with Crippen LogP contribution >= 0.6 is 0 Å². The van der Waals surface area contributed by atoms with Crippen LogP contribution in [0.25, 0.3) is 0 Å². The number of benzene rings is 1. The number of furan rings is 1. The number of nitrogens with one attached hydrogen (secondary N) is 1. The molecule has 0 spiro atoms. The molecule has 0 aliphatic carbocycles. The van der Waals surface area contributed by atoms with E-state index in [9.17, 15) is 0 Å². The van der Waals surface area contributed by atoms with Crippen molar-refractivity contribution in [2.75, 3.05) is 28.4 Å². The first kappa shape index (κ1) is 15.3. The molecule has 0 saturated carbocycles. The Hall–Kier alpha value is -2.14. The fourth-order valence-electron chi connectivity index (χ4n) is 2.34. The Kier molecular flexibility index (Phi) is 4.75. The molecule has 1 unspecified atom stereocenters. The van der Waals surface area contributed by atoms with Crippen molar-refractivity contribution in [1.29, 1.82) is 0 Å². The lowest BCUT2D eigenvalue weighted by atomic mass is 10.0. The Morgan fingerprint density at radius 2 is 1.57 bits per heavy atom. The molecule has 0 saturated heterocycles. The highest BCUT2D eigenvalue weighted by molar-refractivity contribution is 5.53. The molecule has 5 heteroatoms. The van der Waals surface area contributed by atoms with Gasteiger partial charge in [0.1, 0.15) is 17.3 Å². The Bertz CT molecular complexity index is 606. The van der Waals surface area contributed by atoms with E-state index < -0.39 is 0 Å². The van der Waals surface area contributed by atoms with E-state index in [0.717, 1.165) is 17.1 Å². The Morgan fingerprint density at radius 1 is 0.952 bits per heavy atom. The van der Waals surface area contributed by atoms with Crippen molar-refractivity contribution in [2.24, 2.45) is 0 Å². The molecule has 2 aromatic rings. The monoisotopic (exact) mass is 291 g/mol. The van der Waals surface area contributed by atoms with Crippen molar-refractivity contribution in [3.05, 3.63) is 41.3 Å². The largest absolute Gasteiger partial charge is 0.496 e. The average molecular weight is 291 g/mol. The molecule has 0 aliphatic heterocycles. The predicted octanol–water partition coefficient (Wildman–Crippen LogP) is 2.92. The van der Waals surface area contributed by atoms with Crippen LogP contribution in [-0.2, 0) is 0 Å². The molecule has 21 heavy (non-hydrogen) atoms. The maximum Gasteiger partial charge on any atom is 0.164 e. The molecule has 1 aromatic heterocycles. The van der Waals surface area contributed by atoms with E-state index in [1.165, 1.54) is 0 Å². The van der Waals surface area contributed by atoms with Gasteiger partial charge in [-0.2, -0.15) is 0 Å². The Morgan fingerprint density at radius 3 is 2.05 bits per heavy atom. The molecule has 5 nitrogen and oxygen atoms in total. The van der Waals surface area contributed by atoms with Crippen LogP contribution in [0.3, 0.4) is 0 Å². The zero-order valence-corrected chi connectivity index (χ0v) is 13.0. The van der Waals surface area contributed by atoms with Gasteiger partial charge in [0.15, 0.2) is 11.5 Å². The summed E-state index contributed by atoms with van der Waals surface area (Å²) in [4.78, 5) is 0. The van der Waals surface area contributed by atoms with E-state index in [-0.39, 0.29) is 6.04 Å². The van der Waals surface area contributed by atoms with E-state index in [1.807, 2.05) is 38.2 Å². The molecule has 0 fully saturated rings. The fraction of sp³-hybridized carbons (Fsp3) is 0.375. The van der Waals surface area contributed by atoms with Gasteiger partial charge in [0.2, 0.25) is 0 Å². The minimum absolute atomic E-state index is 0.131. The SMILES string of the molecule is CNC(c1ccc(C)o1)c1cc(OC)c(OC)cc1OC. The number of hydrogen-bond donors (Lipinski definition) is 1. The number of hydrogen-bond acceptors (Lipinski definition) is 5. The van der Waals surface area contributed by atoms with Crippen LogP contribution < -0.4 is 19.5 Å².